The molecule has 324 valence electrons. The van der Waals surface area contributed by atoms with Crippen LogP contribution in [0.3, 0.4) is 0 Å². The molecule has 0 aliphatic carbocycles. The lowest BCUT2D eigenvalue weighted by atomic mass is 9.89. The molecule has 11 aromatic carbocycles. The van der Waals surface area contributed by atoms with E-state index in [-0.39, 0.29) is 0 Å². The largest absolute Gasteiger partial charge is 0.456 e. The van der Waals surface area contributed by atoms with E-state index in [0.717, 1.165) is 99.9 Å². The minimum atomic E-state index is 0.882. The lowest BCUT2D eigenvalue weighted by Crippen LogP contribution is -2.09. The van der Waals surface area contributed by atoms with Gasteiger partial charge in [-0.25, -0.2) is 0 Å². The molecule has 0 saturated heterocycles. The van der Waals surface area contributed by atoms with E-state index in [1.807, 2.05) is 18.2 Å². The van der Waals surface area contributed by atoms with Gasteiger partial charge in [0.2, 0.25) is 0 Å². The molecule has 3 heteroatoms. The number of anilines is 3. The van der Waals surface area contributed by atoms with Crippen LogP contribution >= 0.6 is 0 Å². The monoisotopic (exact) mass is 881 g/mol. The lowest BCUT2D eigenvalue weighted by Gasteiger charge is -2.26. The number of fused-ring (bicyclic) bond motifs is 6. The third kappa shape index (κ3) is 7.16. The minimum absolute atomic E-state index is 0.882. The van der Waals surface area contributed by atoms with Gasteiger partial charge in [-0.3, -0.25) is 0 Å². The topological polar surface area (TPSA) is 29.5 Å². The van der Waals surface area contributed by atoms with E-state index in [4.69, 9.17) is 8.83 Å². The van der Waals surface area contributed by atoms with Crippen molar-refractivity contribution in [3.63, 3.8) is 0 Å². The Morgan fingerprint density at radius 2 is 0.652 bits per heavy atom. The Balaban J connectivity index is 0.887. The summed E-state index contributed by atoms with van der Waals surface area (Å²) in [5, 5.41) is 4.48. The fraction of sp³-hybridized carbons (Fsp3) is 0. The molecule has 2 heterocycles. The summed E-state index contributed by atoms with van der Waals surface area (Å²) in [6.07, 6.45) is 0. The zero-order valence-electron chi connectivity index (χ0n) is 37.6. The average molecular weight is 882 g/mol. The summed E-state index contributed by atoms with van der Waals surface area (Å²) in [4.78, 5) is 2.35. The van der Waals surface area contributed by atoms with Crippen LogP contribution < -0.4 is 4.90 Å². The zero-order chi connectivity index (χ0) is 45.7. The molecule has 69 heavy (non-hydrogen) atoms. The minimum Gasteiger partial charge on any atom is -0.456 e. The molecule has 0 bridgehead atoms. The molecular weight excluding hydrogens is 839 g/mol. The highest BCUT2D eigenvalue weighted by atomic mass is 16.3. The van der Waals surface area contributed by atoms with E-state index < -0.39 is 0 Å². The molecule has 13 aromatic rings. The average Bonchev–Trinajstić information content (AvgIpc) is 4.01. The van der Waals surface area contributed by atoms with Crippen molar-refractivity contribution in [3.05, 3.63) is 261 Å². The smallest absolute Gasteiger partial charge is 0.143 e. The van der Waals surface area contributed by atoms with Gasteiger partial charge in [-0.05, 0) is 122 Å². The fourth-order valence-electron chi connectivity index (χ4n) is 10.2. The van der Waals surface area contributed by atoms with Gasteiger partial charge in [0, 0.05) is 44.2 Å². The number of nitrogens with zero attached hydrogens (tertiary/aromatic N) is 1. The van der Waals surface area contributed by atoms with Crippen molar-refractivity contribution < 1.29 is 8.83 Å². The highest BCUT2D eigenvalue weighted by Crippen LogP contribution is 2.43. The molecule has 13 rings (SSSR count). The molecular formula is C66H43NO2. The summed E-state index contributed by atoms with van der Waals surface area (Å²) in [5.41, 5.74) is 20.7. The van der Waals surface area contributed by atoms with Crippen LogP contribution in [0.4, 0.5) is 17.1 Å². The van der Waals surface area contributed by atoms with Crippen LogP contribution in [0.25, 0.3) is 111 Å². The Morgan fingerprint density at radius 3 is 1.29 bits per heavy atom. The van der Waals surface area contributed by atoms with Gasteiger partial charge >= 0.3 is 0 Å². The van der Waals surface area contributed by atoms with Crippen LogP contribution in [-0.2, 0) is 0 Å². The first-order valence-electron chi connectivity index (χ1n) is 23.5. The summed E-state index contributed by atoms with van der Waals surface area (Å²) in [6.45, 7) is 0. The van der Waals surface area contributed by atoms with E-state index in [9.17, 15) is 0 Å². The van der Waals surface area contributed by atoms with Gasteiger partial charge in [0.05, 0.1) is 0 Å². The Bertz CT molecular complexity index is 3980. The normalized spacial score (nSPS) is 11.5. The molecule has 2 aromatic heterocycles. The van der Waals surface area contributed by atoms with Crippen molar-refractivity contribution in [1.82, 2.24) is 0 Å². The zero-order valence-corrected chi connectivity index (χ0v) is 37.6. The molecule has 0 N–H and O–H groups in total. The molecule has 0 saturated carbocycles. The summed E-state index contributed by atoms with van der Waals surface area (Å²) < 4.78 is 12.8. The highest BCUT2D eigenvalue weighted by Gasteiger charge is 2.19. The van der Waals surface area contributed by atoms with E-state index >= 15 is 0 Å². The quantitative estimate of drug-likeness (QED) is 0.145. The van der Waals surface area contributed by atoms with Crippen LogP contribution in [0, 0.1) is 0 Å². The number of hydrogen-bond donors (Lipinski definition) is 0. The molecule has 0 fully saturated rings. The van der Waals surface area contributed by atoms with Crippen LogP contribution in [0.15, 0.2) is 270 Å². The molecule has 3 nitrogen and oxygen atoms in total. The third-order valence-corrected chi connectivity index (χ3v) is 13.5. The maximum absolute atomic E-state index is 6.53. The second kappa shape index (κ2) is 16.9. The van der Waals surface area contributed by atoms with Crippen molar-refractivity contribution in [2.45, 2.75) is 0 Å². The molecule has 0 spiro atoms. The van der Waals surface area contributed by atoms with Crippen LogP contribution in [0.5, 0.6) is 0 Å². The first-order chi connectivity index (χ1) is 34.2. The number of para-hydroxylation sites is 2. The van der Waals surface area contributed by atoms with Crippen LogP contribution in [0.2, 0.25) is 0 Å². The highest BCUT2D eigenvalue weighted by molar-refractivity contribution is 6.13. The summed E-state index contributed by atoms with van der Waals surface area (Å²) in [5.74, 6) is 0. The number of rotatable bonds is 9. The van der Waals surface area contributed by atoms with Gasteiger partial charge in [-0.2, -0.15) is 0 Å². The van der Waals surface area contributed by atoms with Crippen molar-refractivity contribution in [3.8, 4) is 66.8 Å². The van der Waals surface area contributed by atoms with Crippen molar-refractivity contribution in [2.24, 2.45) is 0 Å². The Labute approximate surface area is 400 Å². The molecule has 0 aliphatic rings. The van der Waals surface area contributed by atoms with Gasteiger partial charge in [-0.1, -0.05) is 200 Å². The van der Waals surface area contributed by atoms with Crippen molar-refractivity contribution in [1.29, 1.82) is 0 Å². The van der Waals surface area contributed by atoms with Crippen LogP contribution in [-0.4, -0.2) is 0 Å². The van der Waals surface area contributed by atoms with Gasteiger partial charge in [-0.15, -0.1) is 0 Å². The molecule has 0 aliphatic heterocycles. The second-order valence-electron chi connectivity index (χ2n) is 17.6. The maximum atomic E-state index is 6.53. The van der Waals surface area contributed by atoms with Gasteiger partial charge in [0.15, 0.2) is 0 Å². The Morgan fingerprint density at radius 1 is 0.232 bits per heavy atom. The third-order valence-electron chi connectivity index (χ3n) is 13.5. The first-order valence-corrected chi connectivity index (χ1v) is 23.5. The summed E-state index contributed by atoms with van der Waals surface area (Å²) in [6, 6.07) is 93.0. The van der Waals surface area contributed by atoms with Crippen molar-refractivity contribution >= 4 is 60.9 Å². The van der Waals surface area contributed by atoms with Gasteiger partial charge in [0.1, 0.15) is 22.3 Å². The van der Waals surface area contributed by atoms with E-state index in [2.05, 4.69) is 248 Å². The van der Waals surface area contributed by atoms with Gasteiger partial charge in [0.25, 0.3) is 0 Å². The number of benzene rings is 11. The Hall–Kier alpha value is -9.18. The first kappa shape index (κ1) is 40.1. The standard InChI is InChI=1S/C66H43NO2/c1-3-15-45(16-4-1)53-19-7-9-21-57(53)58-22-10-8-20-54(58)47-31-38-51(39-32-47)67(52-40-33-48(34-41-52)55-24-14-28-64-65(55)60-23-11-12-27-62(60)68-64)50-36-29-44(30-37-50)49-35-42-63-61(43-49)59-26-13-25-56(66(59)69-63)46-17-5-2-6-18-46/h1-43H. The summed E-state index contributed by atoms with van der Waals surface area (Å²) in [7, 11) is 0. The van der Waals surface area contributed by atoms with Gasteiger partial charge < -0.3 is 13.7 Å². The fourth-order valence-corrected chi connectivity index (χ4v) is 10.2. The second-order valence-corrected chi connectivity index (χ2v) is 17.6. The summed E-state index contributed by atoms with van der Waals surface area (Å²) >= 11 is 0. The van der Waals surface area contributed by atoms with E-state index in [0.29, 0.717) is 0 Å². The number of hydrogen-bond acceptors (Lipinski definition) is 3. The molecule has 0 atom stereocenters. The van der Waals surface area contributed by atoms with E-state index in [1.165, 1.54) is 27.8 Å². The van der Waals surface area contributed by atoms with Crippen LogP contribution in [0.1, 0.15) is 0 Å². The molecule has 0 radical (unpaired) electrons. The Kier molecular flexibility index (Phi) is 9.84. The SMILES string of the molecule is c1ccc(-c2ccccc2-c2ccccc2-c2ccc(N(c3ccc(-c4ccc5oc6c(-c7ccccc7)cccc6c5c4)cc3)c3ccc(-c4cccc5oc6ccccc6c45)cc3)cc2)cc1. The predicted molar refractivity (Wildman–Crippen MR) is 288 cm³/mol. The molecule has 0 amide bonds. The maximum Gasteiger partial charge on any atom is 0.143 e. The lowest BCUT2D eigenvalue weighted by molar-refractivity contribution is 0.669. The predicted octanol–water partition coefficient (Wildman–Crippen LogP) is 19.0. The van der Waals surface area contributed by atoms with E-state index in [1.54, 1.807) is 0 Å². The molecule has 0 unspecified atom stereocenters. The number of furan rings is 2. The van der Waals surface area contributed by atoms with Crippen molar-refractivity contribution in [2.75, 3.05) is 4.90 Å².